The van der Waals surface area contributed by atoms with Gasteiger partial charge in [0.2, 0.25) is 5.91 Å². The number of amides is 1. The van der Waals surface area contributed by atoms with Gasteiger partial charge in [-0.25, -0.2) is 9.78 Å². The van der Waals surface area contributed by atoms with Gasteiger partial charge in [0.1, 0.15) is 5.82 Å². The van der Waals surface area contributed by atoms with Gasteiger partial charge in [-0.2, -0.15) is 0 Å². The first-order valence-corrected chi connectivity index (χ1v) is 6.72. The molecule has 0 unspecified atom stereocenters. The molecule has 2 rings (SSSR count). The van der Waals surface area contributed by atoms with Crippen molar-refractivity contribution in [2.24, 2.45) is 5.41 Å². The third kappa shape index (κ3) is 2.57. The van der Waals surface area contributed by atoms with E-state index in [0.29, 0.717) is 12.2 Å². The van der Waals surface area contributed by atoms with Crippen molar-refractivity contribution in [1.29, 1.82) is 0 Å². The van der Waals surface area contributed by atoms with Gasteiger partial charge in [0, 0.05) is 12.3 Å². The van der Waals surface area contributed by atoms with Crippen LogP contribution < -0.4 is 5.32 Å². The molecule has 1 aliphatic rings. The molecular formula is C15H18N2O3. The van der Waals surface area contributed by atoms with Crippen molar-refractivity contribution in [1.82, 2.24) is 4.98 Å². The molecule has 0 aromatic carbocycles. The molecule has 0 fully saturated rings. The van der Waals surface area contributed by atoms with E-state index in [-0.39, 0.29) is 11.3 Å². The number of hydrogen-bond donors (Lipinski definition) is 2. The minimum Gasteiger partial charge on any atom is -0.478 e. The number of nitrogens with zero attached hydrogens (tertiary/aromatic N) is 1. The summed E-state index contributed by atoms with van der Waals surface area (Å²) in [6.07, 6.45) is 6.32. The van der Waals surface area contributed by atoms with Gasteiger partial charge in [0.15, 0.2) is 0 Å². The molecule has 1 aromatic rings. The van der Waals surface area contributed by atoms with E-state index in [0.717, 1.165) is 30.0 Å². The van der Waals surface area contributed by atoms with Crippen molar-refractivity contribution in [3.05, 3.63) is 29.5 Å². The van der Waals surface area contributed by atoms with Gasteiger partial charge < -0.3 is 10.4 Å². The maximum atomic E-state index is 12.2. The van der Waals surface area contributed by atoms with Gasteiger partial charge >= 0.3 is 5.97 Å². The molecule has 20 heavy (non-hydrogen) atoms. The number of pyridine rings is 1. The Morgan fingerprint density at radius 1 is 1.50 bits per heavy atom. The Labute approximate surface area is 117 Å². The quantitative estimate of drug-likeness (QED) is 0.827. The first-order valence-electron chi connectivity index (χ1n) is 6.72. The van der Waals surface area contributed by atoms with E-state index in [1.165, 1.54) is 6.08 Å². The largest absolute Gasteiger partial charge is 0.478 e. The Morgan fingerprint density at radius 2 is 2.20 bits per heavy atom. The predicted molar refractivity (Wildman–Crippen MR) is 76.3 cm³/mol. The number of fused-ring (bicyclic) bond motifs is 1. The van der Waals surface area contributed by atoms with Crippen molar-refractivity contribution in [3.63, 3.8) is 0 Å². The summed E-state index contributed by atoms with van der Waals surface area (Å²) in [6, 6.07) is 1.89. The highest BCUT2D eigenvalue weighted by Crippen LogP contribution is 2.38. The molecule has 1 aromatic heterocycles. The van der Waals surface area contributed by atoms with Crippen LogP contribution in [0, 0.1) is 5.41 Å². The molecule has 0 radical (unpaired) electrons. The lowest BCUT2D eigenvalue weighted by molar-refractivity contribution is -0.131. The molecule has 0 aliphatic carbocycles. The average molecular weight is 274 g/mol. The number of anilines is 1. The number of carboxylic acid groups (broad SMARTS) is 1. The van der Waals surface area contributed by atoms with Crippen LogP contribution in [-0.4, -0.2) is 22.0 Å². The lowest BCUT2D eigenvalue weighted by atomic mass is 9.74. The molecule has 0 spiro atoms. The van der Waals surface area contributed by atoms with E-state index in [1.807, 2.05) is 19.9 Å². The maximum absolute atomic E-state index is 12.2. The van der Waals surface area contributed by atoms with Crippen molar-refractivity contribution in [3.8, 4) is 0 Å². The Hall–Kier alpha value is -2.17. The van der Waals surface area contributed by atoms with Gasteiger partial charge in [-0.15, -0.1) is 0 Å². The number of carbonyl (C=O) groups excluding carboxylic acids is 1. The molecule has 5 nitrogen and oxygen atoms in total. The summed E-state index contributed by atoms with van der Waals surface area (Å²) in [5.74, 6) is -0.385. The van der Waals surface area contributed by atoms with Gasteiger partial charge in [-0.1, -0.05) is 13.8 Å². The fourth-order valence-corrected chi connectivity index (χ4v) is 2.54. The van der Waals surface area contributed by atoms with Crippen LogP contribution in [0.4, 0.5) is 5.82 Å². The topological polar surface area (TPSA) is 79.3 Å². The second-order valence-electron chi connectivity index (χ2n) is 5.07. The lowest BCUT2D eigenvalue weighted by Gasteiger charge is -2.35. The van der Waals surface area contributed by atoms with Gasteiger partial charge in [0.25, 0.3) is 0 Å². The van der Waals surface area contributed by atoms with Crippen molar-refractivity contribution >= 4 is 23.8 Å². The molecule has 0 saturated heterocycles. The molecule has 1 aliphatic heterocycles. The fourth-order valence-electron chi connectivity index (χ4n) is 2.54. The second-order valence-corrected chi connectivity index (χ2v) is 5.07. The highest BCUT2D eigenvalue weighted by molar-refractivity contribution is 5.97. The van der Waals surface area contributed by atoms with Crippen LogP contribution in [0.2, 0.25) is 0 Å². The zero-order chi connectivity index (χ0) is 14.8. The number of carbonyl (C=O) groups is 2. The van der Waals surface area contributed by atoms with E-state index >= 15 is 0 Å². The number of hydrogen-bond acceptors (Lipinski definition) is 3. The van der Waals surface area contributed by atoms with Gasteiger partial charge in [-0.05, 0) is 42.5 Å². The van der Waals surface area contributed by atoms with Crippen LogP contribution in [0.25, 0.3) is 6.08 Å². The number of carboxylic acids is 1. The number of rotatable bonds is 4. The van der Waals surface area contributed by atoms with Crippen molar-refractivity contribution in [2.45, 2.75) is 33.1 Å². The Morgan fingerprint density at radius 3 is 2.80 bits per heavy atom. The maximum Gasteiger partial charge on any atom is 0.328 e. The lowest BCUT2D eigenvalue weighted by Crippen LogP contribution is -2.41. The first kappa shape index (κ1) is 14.2. The summed E-state index contributed by atoms with van der Waals surface area (Å²) in [6.45, 7) is 4.02. The molecule has 0 atom stereocenters. The predicted octanol–water partition coefficient (Wildman–Crippen LogP) is 2.48. The third-order valence-corrected chi connectivity index (χ3v) is 4.00. The van der Waals surface area contributed by atoms with Crippen molar-refractivity contribution in [2.75, 3.05) is 5.32 Å². The molecule has 1 amide bonds. The highest BCUT2D eigenvalue weighted by Gasteiger charge is 2.39. The normalized spacial score (nSPS) is 16.8. The van der Waals surface area contributed by atoms with E-state index in [2.05, 4.69) is 10.3 Å². The monoisotopic (exact) mass is 274 g/mol. The van der Waals surface area contributed by atoms with E-state index in [9.17, 15) is 9.59 Å². The average Bonchev–Trinajstić information content (AvgIpc) is 2.44. The summed E-state index contributed by atoms with van der Waals surface area (Å²) in [4.78, 5) is 26.9. The van der Waals surface area contributed by atoms with Crippen LogP contribution >= 0.6 is 0 Å². The highest BCUT2D eigenvalue weighted by atomic mass is 16.4. The SMILES string of the molecule is CCC1(CC)Cc2cc(/C=C/C(=O)O)cnc2NC1=O. The first-order chi connectivity index (χ1) is 9.50. The minimum absolute atomic E-state index is 0.0244. The van der Waals surface area contributed by atoms with Crippen molar-refractivity contribution < 1.29 is 14.7 Å². The standard InChI is InChI=1S/C15H18N2O3/c1-3-15(4-2)8-11-7-10(5-6-12(18)19)9-16-13(11)17-14(15)20/h5-7,9H,3-4,8H2,1-2H3,(H,18,19)(H,16,17,20)/b6-5+. The Kier molecular flexibility index (Phi) is 3.88. The third-order valence-electron chi connectivity index (χ3n) is 4.00. The number of aliphatic carboxylic acids is 1. The molecular weight excluding hydrogens is 256 g/mol. The van der Waals surface area contributed by atoms with Crippen LogP contribution in [0.3, 0.4) is 0 Å². The summed E-state index contributed by atoms with van der Waals surface area (Å²) in [7, 11) is 0. The fraction of sp³-hybridized carbons (Fsp3) is 0.400. The molecule has 0 bridgehead atoms. The molecule has 2 heterocycles. The van der Waals surface area contributed by atoms with E-state index in [4.69, 9.17) is 5.11 Å². The number of aromatic nitrogens is 1. The molecule has 2 N–H and O–H groups in total. The van der Waals surface area contributed by atoms with Gasteiger partial charge in [-0.3, -0.25) is 4.79 Å². The van der Waals surface area contributed by atoms with Crippen LogP contribution in [0.15, 0.2) is 18.3 Å². The Bertz CT molecular complexity index is 574. The minimum atomic E-state index is -0.993. The molecule has 5 heteroatoms. The summed E-state index contributed by atoms with van der Waals surface area (Å²) >= 11 is 0. The van der Waals surface area contributed by atoms with Crippen LogP contribution in [0.5, 0.6) is 0 Å². The molecule has 106 valence electrons. The second kappa shape index (κ2) is 5.45. The van der Waals surface area contributed by atoms with E-state index < -0.39 is 5.97 Å². The van der Waals surface area contributed by atoms with Crippen LogP contribution in [0.1, 0.15) is 37.8 Å². The molecule has 0 saturated carbocycles. The zero-order valence-corrected chi connectivity index (χ0v) is 11.6. The Balaban J connectivity index is 2.35. The number of nitrogens with one attached hydrogen (secondary N) is 1. The van der Waals surface area contributed by atoms with Gasteiger partial charge in [0.05, 0.1) is 5.41 Å². The van der Waals surface area contributed by atoms with Crippen LogP contribution in [-0.2, 0) is 16.0 Å². The van der Waals surface area contributed by atoms with E-state index in [1.54, 1.807) is 6.20 Å². The smallest absolute Gasteiger partial charge is 0.328 e. The summed E-state index contributed by atoms with van der Waals surface area (Å²) in [5, 5.41) is 11.5. The summed E-state index contributed by atoms with van der Waals surface area (Å²) < 4.78 is 0. The zero-order valence-electron chi connectivity index (χ0n) is 11.6. The summed E-state index contributed by atoms with van der Waals surface area (Å²) in [5.41, 5.74) is 1.30.